The molecular weight excluding hydrogens is 188 g/mol. The number of fused-ring (bicyclic) bond motifs is 1. The van der Waals surface area contributed by atoms with Crippen LogP contribution < -0.4 is 5.73 Å². The normalized spacial score (nSPS) is 14.5. The van der Waals surface area contributed by atoms with E-state index >= 15 is 0 Å². The number of nitrogens with zero attached hydrogens (tertiary/aromatic N) is 1. The largest absolute Gasteiger partial charge is 0.337 e. The summed E-state index contributed by atoms with van der Waals surface area (Å²) in [7, 11) is 1.84. The van der Waals surface area contributed by atoms with Gasteiger partial charge in [-0.25, -0.2) is 0 Å². The lowest BCUT2D eigenvalue weighted by molar-refractivity contribution is 0.0816. The Labute approximate surface area is 89.9 Å². The first kappa shape index (κ1) is 10.2. The third-order valence-electron chi connectivity index (χ3n) is 2.82. The van der Waals surface area contributed by atoms with E-state index in [1.165, 1.54) is 5.56 Å². The number of nitrogens with two attached hydrogens (primary N) is 1. The van der Waals surface area contributed by atoms with Gasteiger partial charge in [-0.3, -0.25) is 4.79 Å². The molecule has 1 heterocycles. The third-order valence-corrected chi connectivity index (χ3v) is 2.82. The van der Waals surface area contributed by atoms with Crippen molar-refractivity contribution in [3.8, 4) is 0 Å². The van der Waals surface area contributed by atoms with Crippen molar-refractivity contribution in [3.05, 3.63) is 34.9 Å². The molecule has 1 aromatic carbocycles. The van der Waals surface area contributed by atoms with Gasteiger partial charge in [-0.1, -0.05) is 12.1 Å². The van der Waals surface area contributed by atoms with Crippen molar-refractivity contribution in [2.24, 2.45) is 5.73 Å². The van der Waals surface area contributed by atoms with E-state index in [0.29, 0.717) is 0 Å². The maximum absolute atomic E-state index is 11.6. The number of rotatable bonds is 3. The molecule has 1 amide bonds. The molecule has 0 saturated heterocycles. The Morgan fingerprint density at radius 1 is 1.47 bits per heavy atom. The molecule has 15 heavy (non-hydrogen) atoms. The average molecular weight is 204 g/mol. The zero-order valence-corrected chi connectivity index (χ0v) is 8.99. The molecule has 0 aliphatic carbocycles. The fraction of sp³-hybridized carbons (Fsp3) is 0.417. The first-order valence-corrected chi connectivity index (χ1v) is 5.29. The molecule has 3 nitrogen and oxygen atoms in total. The second kappa shape index (κ2) is 4.03. The summed E-state index contributed by atoms with van der Waals surface area (Å²) in [5.41, 5.74) is 8.76. The molecule has 0 spiro atoms. The van der Waals surface area contributed by atoms with Gasteiger partial charge in [0.05, 0.1) is 0 Å². The molecule has 0 fully saturated rings. The fourth-order valence-electron chi connectivity index (χ4n) is 1.98. The molecule has 2 N–H and O–H groups in total. The summed E-state index contributed by atoms with van der Waals surface area (Å²) in [6, 6.07) is 6.10. The van der Waals surface area contributed by atoms with Gasteiger partial charge in [-0.05, 0) is 36.6 Å². The molecule has 0 bridgehead atoms. The minimum absolute atomic E-state index is 0.135. The first-order valence-electron chi connectivity index (χ1n) is 5.29. The predicted molar refractivity (Wildman–Crippen MR) is 59.6 cm³/mol. The minimum Gasteiger partial charge on any atom is -0.337 e. The maximum Gasteiger partial charge on any atom is 0.254 e. The second-order valence-corrected chi connectivity index (χ2v) is 4.04. The zero-order valence-electron chi connectivity index (χ0n) is 8.99. The highest BCUT2D eigenvalue weighted by molar-refractivity contribution is 5.98. The van der Waals surface area contributed by atoms with E-state index in [4.69, 9.17) is 5.73 Å². The maximum atomic E-state index is 11.6. The lowest BCUT2D eigenvalue weighted by Crippen LogP contribution is -2.17. The Kier molecular flexibility index (Phi) is 2.73. The summed E-state index contributed by atoms with van der Waals surface area (Å²) in [6.07, 6.45) is 2.00. The lowest BCUT2D eigenvalue weighted by atomic mass is 10.0. The molecule has 0 unspecified atom stereocenters. The molecule has 1 aliphatic rings. The zero-order chi connectivity index (χ0) is 10.8. The van der Waals surface area contributed by atoms with Crippen LogP contribution >= 0.6 is 0 Å². The Hall–Kier alpha value is -1.35. The van der Waals surface area contributed by atoms with Crippen LogP contribution in [0.3, 0.4) is 0 Å². The van der Waals surface area contributed by atoms with E-state index in [1.54, 1.807) is 4.90 Å². The molecule has 0 aromatic heterocycles. The first-order chi connectivity index (χ1) is 7.22. The van der Waals surface area contributed by atoms with Crippen LogP contribution in [0, 0.1) is 0 Å². The van der Waals surface area contributed by atoms with E-state index in [1.807, 2.05) is 19.2 Å². The highest BCUT2D eigenvalue weighted by Gasteiger charge is 2.23. The second-order valence-electron chi connectivity index (χ2n) is 4.04. The van der Waals surface area contributed by atoms with Crippen molar-refractivity contribution < 1.29 is 4.79 Å². The Bertz CT molecular complexity index is 387. The van der Waals surface area contributed by atoms with Gasteiger partial charge in [0.2, 0.25) is 0 Å². The number of hydrogen-bond donors (Lipinski definition) is 1. The minimum atomic E-state index is 0.135. The van der Waals surface area contributed by atoms with Crippen molar-refractivity contribution in [1.29, 1.82) is 0 Å². The lowest BCUT2D eigenvalue weighted by Gasteiger charge is -2.04. The summed E-state index contributed by atoms with van der Waals surface area (Å²) in [5, 5.41) is 0. The standard InChI is InChI=1S/C12H16N2O/c1-14-8-10-7-9(3-2-6-13)4-5-11(10)12(14)15/h4-5,7H,2-3,6,8,13H2,1H3. The number of amides is 1. The number of benzene rings is 1. The van der Waals surface area contributed by atoms with E-state index in [0.717, 1.165) is 37.1 Å². The van der Waals surface area contributed by atoms with Gasteiger partial charge < -0.3 is 10.6 Å². The number of carbonyl (C=O) groups excluding carboxylic acids is 1. The smallest absolute Gasteiger partial charge is 0.254 e. The number of hydrogen-bond acceptors (Lipinski definition) is 2. The van der Waals surface area contributed by atoms with E-state index in [9.17, 15) is 4.79 Å². The van der Waals surface area contributed by atoms with E-state index < -0.39 is 0 Å². The van der Waals surface area contributed by atoms with Crippen molar-refractivity contribution in [3.63, 3.8) is 0 Å². The Morgan fingerprint density at radius 3 is 3.00 bits per heavy atom. The van der Waals surface area contributed by atoms with Crippen LogP contribution in [0.4, 0.5) is 0 Å². The fourth-order valence-corrected chi connectivity index (χ4v) is 1.98. The molecule has 80 valence electrons. The van der Waals surface area contributed by atoms with Gasteiger partial charge in [0.15, 0.2) is 0 Å². The summed E-state index contributed by atoms with van der Waals surface area (Å²) in [5.74, 6) is 0.135. The highest BCUT2D eigenvalue weighted by Crippen LogP contribution is 2.22. The summed E-state index contributed by atoms with van der Waals surface area (Å²) >= 11 is 0. The van der Waals surface area contributed by atoms with Gasteiger partial charge in [0, 0.05) is 19.2 Å². The van der Waals surface area contributed by atoms with E-state index in [2.05, 4.69) is 6.07 Å². The molecule has 3 heteroatoms. The number of carbonyl (C=O) groups is 1. The molecular formula is C12H16N2O. The monoisotopic (exact) mass is 204 g/mol. The van der Waals surface area contributed by atoms with Crippen molar-refractivity contribution >= 4 is 5.91 Å². The summed E-state index contributed by atoms with van der Waals surface area (Å²) in [4.78, 5) is 13.4. The van der Waals surface area contributed by atoms with Crippen molar-refractivity contribution in [2.45, 2.75) is 19.4 Å². The van der Waals surface area contributed by atoms with Crippen LogP contribution in [-0.2, 0) is 13.0 Å². The average Bonchev–Trinajstić information content (AvgIpc) is 2.52. The molecule has 0 saturated carbocycles. The molecule has 1 aliphatic heterocycles. The van der Waals surface area contributed by atoms with Crippen molar-refractivity contribution in [2.75, 3.05) is 13.6 Å². The number of aryl methyl sites for hydroxylation is 1. The molecule has 0 radical (unpaired) electrons. The van der Waals surface area contributed by atoms with Crippen LogP contribution in [0.2, 0.25) is 0 Å². The molecule has 0 atom stereocenters. The summed E-state index contributed by atoms with van der Waals surface area (Å²) in [6.45, 7) is 1.46. The van der Waals surface area contributed by atoms with Gasteiger partial charge in [0.1, 0.15) is 0 Å². The topological polar surface area (TPSA) is 46.3 Å². The van der Waals surface area contributed by atoms with Crippen LogP contribution in [0.25, 0.3) is 0 Å². The van der Waals surface area contributed by atoms with Crippen LogP contribution in [0.15, 0.2) is 18.2 Å². The van der Waals surface area contributed by atoms with Gasteiger partial charge >= 0.3 is 0 Å². The SMILES string of the molecule is CN1Cc2cc(CCCN)ccc2C1=O. The molecule has 2 rings (SSSR count). The summed E-state index contributed by atoms with van der Waals surface area (Å²) < 4.78 is 0. The van der Waals surface area contributed by atoms with E-state index in [-0.39, 0.29) is 5.91 Å². The molecule has 1 aromatic rings. The van der Waals surface area contributed by atoms with Crippen LogP contribution in [0.5, 0.6) is 0 Å². The van der Waals surface area contributed by atoms with Gasteiger partial charge in [-0.15, -0.1) is 0 Å². The van der Waals surface area contributed by atoms with Gasteiger partial charge in [0.25, 0.3) is 5.91 Å². The quantitative estimate of drug-likeness (QED) is 0.803. The highest BCUT2D eigenvalue weighted by atomic mass is 16.2. The third kappa shape index (κ3) is 1.88. The van der Waals surface area contributed by atoms with Crippen LogP contribution in [0.1, 0.15) is 27.9 Å². The Balaban J connectivity index is 2.22. The van der Waals surface area contributed by atoms with Crippen molar-refractivity contribution in [1.82, 2.24) is 4.90 Å². The van der Waals surface area contributed by atoms with Crippen LogP contribution in [-0.4, -0.2) is 24.4 Å². The van der Waals surface area contributed by atoms with Gasteiger partial charge in [-0.2, -0.15) is 0 Å². The predicted octanol–water partition coefficient (Wildman–Crippen LogP) is 1.16. The Morgan fingerprint density at radius 2 is 2.27 bits per heavy atom.